The second-order valence-corrected chi connectivity index (χ2v) is 4.53. The molecule has 2 aromatic rings. The molecule has 2 amide bonds. The van der Waals surface area contributed by atoms with Crippen molar-refractivity contribution in [2.24, 2.45) is 0 Å². The van der Waals surface area contributed by atoms with E-state index in [2.05, 4.69) is 15.6 Å². The lowest BCUT2D eigenvalue weighted by molar-refractivity contribution is -0.125. The minimum Gasteiger partial charge on any atom is -0.443 e. The van der Waals surface area contributed by atoms with Gasteiger partial charge in [0, 0.05) is 13.0 Å². The van der Waals surface area contributed by atoms with Crippen molar-refractivity contribution < 1.29 is 14.0 Å². The maximum Gasteiger partial charge on any atom is 0.242 e. The smallest absolute Gasteiger partial charge is 0.242 e. The summed E-state index contributed by atoms with van der Waals surface area (Å²) in [4.78, 5) is 26.9. The van der Waals surface area contributed by atoms with Crippen molar-refractivity contribution in [1.82, 2.24) is 15.6 Å². The van der Waals surface area contributed by atoms with Gasteiger partial charge in [-0.15, -0.1) is 0 Å². The number of oxazole rings is 1. The van der Waals surface area contributed by atoms with Crippen LogP contribution >= 0.6 is 0 Å². The molecule has 2 N–H and O–H groups in total. The number of aromatic nitrogens is 1. The number of hydrogen-bond donors (Lipinski definition) is 2. The fourth-order valence-corrected chi connectivity index (χ4v) is 2.13. The third-order valence-electron chi connectivity index (χ3n) is 3.17. The molecule has 0 aliphatic carbocycles. The number of nitrogens with zero attached hydrogens (tertiary/aromatic N) is 1. The highest BCUT2D eigenvalue weighted by molar-refractivity contribution is 5.90. The summed E-state index contributed by atoms with van der Waals surface area (Å²) in [5, 5.41) is 5.44. The van der Waals surface area contributed by atoms with Crippen LogP contribution in [0.1, 0.15) is 18.4 Å². The first-order chi connectivity index (χ1) is 9.22. The van der Waals surface area contributed by atoms with Crippen LogP contribution in [0.15, 0.2) is 29.0 Å². The van der Waals surface area contributed by atoms with E-state index >= 15 is 0 Å². The number of amides is 2. The molecule has 1 fully saturated rings. The molecule has 6 heteroatoms. The second-order valence-electron chi connectivity index (χ2n) is 4.53. The van der Waals surface area contributed by atoms with E-state index in [1.54, 1.807) is 0 Å². The Morgan fingerprint density at radius 2 is 2.42 bits per heavy atom. The van der Waals surface area contributed by atoms with Crippen molar-refractivity contribution in [1.29, 1.82) is 0 Å². The normalized spacial score (nSPS) is 18.5. The van der Waals surface area contributed by atoms with Crippen LogP contribution in [0.4, 0.5) is 0 Å². The first-order valence-corrected chi connectivity index (χ1v) is 6.11. The van der Waals surface area contributed by atoms with Gasteiger partial charge in [0.25, 0.3) is 0 Å². The summed E-state index contributed by atoms with van der Waals surface area (Å²) < 4.78 is 5.20. The van der Waals surface area contributed by atoms with Gasteiger partial charge in [-0.1, -0.05) is 6.07 Å². The quantitative estimate of drug-likeness (QED) is 0.850. The monoisotopic (exact) mass is 259 g/mol. The van der Waals surface area contributed by atoms with Crippen LogP contribution in [0.3, 0.4) is 0 Å². The summed E-state index contributed by atoms with van der Waals surface area (Å²) in [5.41, 5.74) is 2.42. The van der Waals surface area contributed by atoms with Gasteiger partial charge in [-0.05, 0) is 24.1 Å². The lowest BCUT2D eigenvalue weighted by Gasteiger charge is -2.10. The van der Waals surface area contributed by atoms with Crippen molar-refractivity contribution in [3.8, 4) is 0 Å². The third kappa shape index (κ3) is 2.42. The van der Waals surface area contributed by atoms with Gasteiger partial charge in [-0.2, -0.15) is 0 Å². The molecule has 2 heterocycles. The van der Waals surface area contributed by atoms with Crippen molar-refractivity contribution >= 4 is 22.9 Å². The average molecular weight is 259 g/mol. The molecule has 98 valence electrons. The average Bonchev–Trinajstić information content (AvgIpc) is 3.03. The minimum absolute atomic E-state index is 0.0665. The molecular weight excluding hydrogens is 246 g/mol. The highest BCUT2D eigenvalue weighted by Gasteiger charge is 2.26. The summed E-state index contributed by atoms with van der Waals surface area (Å²) in [6, 6.07) is 5.17. The Morgan fingerprint density at radius 1 is 1.53 bits per heavy atom. The van der Waals surface area contributed by atoms with Crippen LogP contribution < -0.4 is 10.6 Å². The molecule has 0 saturated carbocycles. The number of fused-ring (bicyclic) bond motifs is 1. The van der Waals surface area contributed by atoms with E-state index in [0.29, 0.717) is 25.0 Å². The number of carbonyl (C=O) groups excluding carboxylic acids is 2. The molecule has 1 atom stereocenters. The lowest BCUT2D eigenvalue weighted by atomic mass is 10.2. The SMILES string of the molecule is O=C1CCC(C(=O)NCc2ccc3ncoc3c2)N1. The largest absolute Gasteiger partial charge is 0.443 e. The molecular formula is C13H13N3O3. The van der Waals surface area contributed by atoms with Gasteiger partial charge in [-0.25, -0.2) is 4.98 Å². The third-order valence-corrected chi connectivity index (χ3v) is 3.17. The molecule has 0 radical (unpaired) electrons. The first kappa shape index (κ1) is 11.7. The Labute approximate surface area is 109 Å². The van der Waals surface area contributed by atoms with Crippen LogP contribution in [0.5, 0.6) is 0 Å². The molecule has 19 heavy (non-hydrogen) atoms. The van der Waals surface area contributed by atoms with Crippen LogP contribution in [0, 0.1) is 0 Å². The van der Waals surface area contributed by atoms with Gasteiger partial charge in [0.1, 0.15) is 11.6 Å². The highest BCUT2D eigenvalue weighted by atomic mass is 16.3. The van der Waals surface area contributed by atoms with Crippen LogP contribution in [0.2, 0.25) is 0 Å². The molecule has 0 spiro atoms. The Morgan fingerprint density at radius 3 is 3.21 bits per heavy atom. The predicted octanol–water partition coefficient (Wildman–Crippen LogP) is 0.723. The molecule has 1 aliphatic heterocycles. The van der Waals surface area contributed by atoms with Crippen molar-refractivity contribution in [3.63, 3.8) is 0 Å². The van der Waals surface area contributed by atoms with E-state index in [1.807, 2.05) is 18.2 Å². The Balaban J connectivity index is 1.62. The molecule has 1 saturated heterocycles. The fourth-order valence-electron chi connectivity index (χ4n) is 2.13. The standard InChI is InChI=1S/C13H13N3O3/c17-12-4-3-10(16-12)13(18)14-6-8-1-2-9-11(5-8)19-7-15-9/h1-2,5,7,10H,3-4,6H2,(H,14,18)(H,16,17). The van der Waals surface area contributed by atoms with E-state index < -0.39 is 6.04 Å². The van der Waals surface area contributed by atoms with E-state index in [1.165, 1.54) is 6.39 Å². The first-order valence-electron chi connectivity index (χ1n) is 6.11. The Bertz CT molecular complexity index is 635. The molecule has 1 aromatic carbocycles. The Hall–Kier alpha value is -2.37. The van der Waals surface area contributed by atoms with Gasteiger partial charge in [0.15, 0.2) is 12.0 Å². The number of carbonyl (C=O) groups is 2. The molecule has 0 bridgehead atoms. The van der Waals surface area contributed by atoms with Crippen LogP contribution in [0.25, 0.3) is 11.1 Å². The van der Waals surface area contributed by atoms with Crippen molar-refractivity contribution in [3.05, 3.63) is 30.2 Å². The number of rotatable bonds is 3. The van der Waals surface area contributed by atoms with Gasteiger partial charge < -0.3 is 15.1 Å². The zero-order chi connectivity index (χ0) is 13.2. The summed E-state index contributed by atoms with van der Waals surface area (Å²) in [5.74, 6) is -0.216. The van der Waals surface area contributed by atoms with Crippen LogP contribution in [-0.2, 0) is 16.1 Å². The number of nitrogens with one attached hydrogen (secondary N) is 2. The van der Waals surface area contributed by atoms with Gasteiger partial charge in [0.05, 0.1) is 0 Å². The second kappa shape index (κ2) is 4.72. The summed E-state index contributed by atoms with van der Waals surface area (Å²) in [6.07, 6.45) is 2.37. The molecule has 6 nitrogen and oxygen atoms in total. The van der Waals surface area contributed by atoms with E-state index in [4.69, 9.17) is 4.42 Å². The zero-order valence-electron chi connectivity index (χ0n) is 10.2. The maximum atomic E-state index is 11.8. The molecule has 1 unspecified atom stereocenters. The predicted molar refractivity (Wildman–Crippen MR) is 67.0 cm³/mol. The lowest BCUT2D eigenvalue weighted by Crippen LogP contribution is -2.41. The maximum absolute atomic E-state index is 11.8. The number of hydrogen-bond acceptors (Lipinski definition) is 4. The molecule has 1 aromatic heterocycles. The van der Waals surface area contributed by atoms with Gasteiger partial charge in [-0.3, -0.25) is 9.59 Å². The van der Waals surface area contributed by atoms with Crippen molar-refractivity contribution in [2.75, 3.05) is 0 Å². The topological polar surface area (TPSA) is 84.2 Å². The van der Waals surface area contributed by atoms with E-state index in [9.17, 15) is 9.59 Å². The molecule has 1 aliphatic rings. The molecule has 3 rings (SSSR count). The zero-order valence-corrected chi connectivity index (χ0v) is 10.2. The van der Waals surface area contributed by atoms with E-state index in [0.717, 1.165) is 11.1 Å². The highest BCUT2D eigenvalue weighted by Crippen LogP contribution is 2.14. The minimum atomic E-state index is -0.401. The Kier molecular flexibility index (Phi) is 2.91. The van der Waals surface area contributed by atoms with Crippen LogP contribution in [-0.4, -0.2) is 22.8 Å². The van der Waals surface area contributed by atoms with Gasteiger partial charge >= 0.3 is 0 Å². The number of benzene rings is 1. The van der Waals surface area contributed by atoms with E-state index in [-0.39, 0.29) is 11.8 Å². The summed E-state index contributed by atoms with van der Waals surface area (Å²) in [7, 11) is 0. The fraction of sp³-hybridized carbons (Fsp3) is 0.308. The van der Waals surface area contributed by atoms with Crippen molar-refractivity contribution in [2.45, 2.75) is 25.4 Å². The van der Waals surface area contributed by atoms with Gasteiger partial charge in [0.2, 0.25) is 11.8 Å². The summed E-state index contributed by atoms with van der Waals surface area (Å²) >= 11 is 0. The summed E-state index contributed by atoms with van der Waals surface area (Å²) in [6.45, 7) is 0.405.